The predicted octanol–water partition coefficient (Wildman–Crippen LogP) is -0.343. The van der Waals surface area contributed by atoms with Crippen molar-refractivity contribution in [2.24, 2.45) is 5.73 Å². The van der Waals surface area contributed by atoms with E-state index in [1.165, 1.54) is 7.05 Å². The van der Waals surface area contributed by atoms with Crippen molar-refractivity contribution < 1.29 is 14.7 Å². The maximum Gasteiger partial charge on any atom is 0.323 e. The van der Waals surface area contributed by atoms with Gasteiger partial charge in [-0.3, -0.25) is 9.59 Å². The normalized spacial score (nSPS) is 11.1. The van der Waals surface area contributed by atoms with E-state index in [4.69, 9.17) is 10.8 Å². The second-order valence-corrected chi connectivity index (χ2v) is 3.81. The van der Waals surface area contributed by atoms with Gasteiger partial charge in [-0.1, -0.05) is 0 Å². The lowest BCUT2D eigenvalue weighted by molar-refractivity contribution is -0.143. The average molecular weight is 188 g/mol. The molecule has 0 saturated heterocycles. The molecule has 0 aliphatic carbocycles. The van der Waals surface area contributed by atoms with Crippen molar-refractivity contribution >= 4 is 11.9 Å². The second kappa shape index (κ2) is 4.23. The van der Waals surface area contributed by atoms with Gasteiger partial charge in [-0.2, -0.15) is 0 Å². The van der Waals surface area contributed by atoms with Crippen LogP contribution in [0.15, 0.2) is 0 Å². The van der Waals surface area contributed by atoms with Crippen LogP contribution in [0.1, 0.15) is 20.3 Å². The largest absolute Gasteiger partial charge is 0.480 e. The SMILES string of the molecule is CN(CC(=O)O)C(=O)CC(C)(C)N. The molecule has 0 saturated carbocycles. The van der Waals surface area contributed by atoms with Crippen LogP contribution in [0.2, 0.25) is 0 Å². The summed E-state index contributed by atoms with van der Waals surface area (Å²) in [5, 5.41) is 8.41. The van der Waals surface area contributed by atoms with Crippen LogP contribution in [0.4, 0.5) is 0 Å². The number of carboxylic acids is 1. The summed E-state index contributed by atoms with van der Waals surface area (Å²) in [6, 6.07) is 0. The molecule has 0 aromatic heterocycles. The molecule has 3 N–H and O–H groups in total. The first-order chi connectivity index (χ1) is 5.72. The van der Waals surface area contributed by atoms with E-state index in [0.717, 1.165) is 4.90 Å². The van der Waals surface area contributed by atoms with Gasteiger partial charge in [-0.15, -0.1) is 0 Å². The molecule has 0 aliphatic rings. The number of aliphatic carboxylic acids is 1. The molecule has 0 atom stereocenters. The summed E-state index contributed by atoms with van der Waals surface area (Å²) in [4.78, 5) is 22.7. The van der Waals surface area contributed by atoms with Crippen LogP contribution in [0.25, 0.3) is 0 Å². The minimum absolute atomic E-state index is 0.150. The zero-order valence-electron chi connectivity index (χ0n) is 8.20. The number of carboxylic acid groups (broad SMARTS) is 1. The number of rotatable bonds is 4. The summed E-state index contributed by atoms with van der Waals surface area (Å²) in [5.41, 5.74) is 5.02. The molecule has 0 heterocycles. The highest BCUT2D eigenvalue weighted by Crippen LogP contribution is 2.05. The molecule has 0 spiro atoms. The lowest BCUT2D eigenvalue weighted by atomic mass is 10.0. The van der Waals surface area contributed by atoms with Crippen molar-refractivity contribution in [3.8, 4) is 0 Å². The fourth-order valence-corrected chi connectivity index (χ4v) is 0.816. The lowest BCUT2D eigenvalue weighted by Gasteiger charge is -2.21. The summed E-state index contributed by atoms with van der Waals surface area (Å²) in [6.45, 7) is 3.16. The van der Waals surface area contributed by atoms with Crippen LogP contribution in [0.5, 0.6) is 0 Å². The number of likely N-dealkylation sites (N-methyl/N-ethyl adjacent to an activating group) is 1. The van der Waals surface area contributed by atoms with Gasteiger partial charge in [-0.25, -0.2) is 0 Å². The Kier molecular flexibility index (Phi) is 3.87. The fourth-order valence-electron chi connectivity index (χ4n) is 0.816. The zero-order chi connectivity index (χ0) is 10.6. The van der Waals surface area contributed by atoms with E-state index < -0.39 is 11.5 Å². The molecule has 0 unspecified atom stereocenters. The topological polar surface area (TPSA) is 83.6 Å². The number of nitrogens with two attached hydrogens (primary N) is 1. The molecular weight excluding hydrogens is 172 g/mol. The molecule has 0 aromatic carbocycles. The van der Waals surface area contributed by atoms with E-state index in [0.29, 0.717) is 0 Å². The molecule has 5 nitrogen and oxygen atoms in total. The van der Waals surface area contributed by atoms with Crippen molar-refractivity contribution in [3.63, 3.8) is 0 Å². The van der Waals surface area contributed by atoms with Gasteiger partial charge >= 0.3 is 5.97 Å². The van der Waals surface area contributed by atoms with Gasteiger partial charge in [0.05, 0.1) is 0 Å². The molecule has 76 valence electrons. The number of amides is 1. The fraction of sp³-hybridized carbons (Fsp3) is 0.750. The summed E-state index contributed by atoms with van der Waals surface area (Å²) in [6.07, 6.45) is 0.150. The number of nitrogens with zero attached hydrogens (tertiary/aromatic N) is 1. The molecule has 0 rings (SSSR count). The van der Waals surface area contributed by atoms with Crippen molar-refractivity contribution in [2.75, 3.05) is 13.6 Å². The Morgan fingerprint density at radius 1 is 1.46 bits per heavy atom. The lowest BCUT2D eigenvalue weighted by Crippen LogP contribution is -2.41. The van der Waals surface area contributed by atoms with Crippen LogP contribution >= 0.6 is 0 Å². The van der Waals surface area contributed by atoms with Crippen LogP contribution in [-0.2, 0) is 9.59 Å². The Labute approximate surface area is 77.5 Å². The van der Waals surface area contributed by atoms with E-state index in [1.54, 1.807) is 13.8 Å². The Balaban J connectivity index is 4.05. The number of carbonyl (C=O) groups excluding carboxylic acids is 1. The van der Waals surface area contributed by atoms with Crippen molar-refractivity contribution in [3.05, 3.63) is 0 Å². The van der Waals surface area contributed by atoms with E-state index in [1.807, 2.05) is 0 Å². The summed E-state index contributed by atoms with van der Waals surface area (Å²) in [5.74, 6) is -1.28. The number of hydrogen-bond acceptors (Lipinski definition) is 3. The van der Waals surface area contributed by atoms with Crippen molar-refractivity contribution in [1.29, 1.82) is 0 Å². The molecule has 0 fully saturated rings. The number of carbonyl (C=O) groups is 2. The van der Waals surface area contributed by atoms with E-state index in [9.17, 15) is 9.59 Å². The molecule has 0 aromatic rings. The Hall–Kier alpha value is -1.10. The summed E-state index contributed by atoms with van der Waals surface area (Å²) >= 11 is 0. The first kappa shape index (κ1) is 11.9. The Morgan fingerprint density at radius 3 is 2.23 bits per heavy atom. The Morgan fingerprint density at radius 2 is 1.92 bits per heavy atom. The van der Waals surface area contributed by atoms with E-state index in [-0.39, 0.29) is 18.9 Å². The highest BCUT2D eigenvalue weighted by atomic mass is 16.4. The summed E-state index contributed by atoms with van der Waals surface area (Å²) in [7, 11) is 1.45. The van der Waals surface area contributed by atoms with Gasteiger partial charge in [0.15, 0.2) is 0 Å². The van der Waals surface area contributed by atoms with Crippen molar-refractivity contribution in [2.45, 2.75) is 25.8 Å². The maximum atomic E-state index is 11.3. The molecular formula is C8H16N2O3. The zero-order valence-corrected chi connectivity index (χ0v) is 8.20. The first-order valence-electron chi connectivity index (χ1n) is 3.97. The third-order valence-corrected chi connectivity index (χ3v) is 1.41. The number of hydrogen-bond donors (Lipinski definition) is 2. The van der Waals surface area contributed by atoms with E-state index in [2.05, 4.69) is 0 Å². The third kappa shape index (κ3) is 6.10. The molecule has 0 radical (unpaired) electrons. The highest BCUT2D eigenvalue weighted by Gasteiger charge is 2.20. The van der Waals surface area contributed by atoms with Gasteiger partial charge in [0.25, 0.3) is 0 Å². The predicted molar refractivity (Wildman–Crippen MR) is 48.2 cm³/mol. The maximum absolute atomic E-state index is 11.3. The highest BCUT2D eigenvalue weighted by molar-refractivity contribution is 5.81. The third-order valence-electron chi connectivity index (χ3n) is 1.41. The van der Waals surface area contributed by atoms with Crippen LogP contribution in [0, 0.1) is 0 Å². The molecule has 0 aliphatic heterocycles. The quantitative estimate of drug-likeness (QED) is 0.632. The van der Waals surface area contributed by atoms with Crippen molar-refractivity contribution in [1.82, 2.24) is 4.90 Å². The van der Waals surface area contributed by atoms with Gasteiger partial charge in [0.1, 0.15) is 6.54 Å². The van der Waals surface area contributed by atoms with Gasteiger partial charge in [0.2, 0.25) is 5.91 Å². The monoisotopic (exact) mass is 188 g/mol. The minimum atomic E-state index is -1.02. The Bertz CT molecular complexity index is 208. The van der Waals surface area contributed by atoms with Gasteiger partial charge in [0, 0.05) is 19.0 Å². The smallest absolute Gasteiger partial charge is 0.323 e. The summed E-state index contributed by atoms with van der Waals surface area (Å²) < 4.78 is 0. The van der Waals surface area contributed by atoms with Gasteiger partial charge in [-0.05, 0) is 13.8 Å². The average Bonchev–Trinajstić information content (AvgIpc) is 1.81. The van der Waals surface area contributed by atoms with Crippen LogP contribution in [0.3, 0.4) is 0 Å². The molecule has 1 amide bonds. The first-order valence-corrected chi connectivity index (χ1v) is 3.97. The standard InChI is InChI=1S/C8H16N2O3/c1-8(2,9)4-6(11)10(3)5-7(12)13/h4-5,9H2,1-3H3,(H,12,13). The molecule has 0 bridgehead atoms. The van der Waals surface area contributed by atoms with Gasteiger partial charge < -0.3 is 15.7 Å². The van der Waals surface area contributed by atoms with Crippen LogP contribution < -0.4 is 5.73 Å². The minimum Gasteiger partial charge on any atom is -0.480 e. The molecule has 5 heteroatoms. The second-order valence-electron chi connectivity index (χ2n) is 3.81. The van der Waals surface area contributed by atoms with E-state index >= 15 is 0 Å². The molecule has 13 heavy (non-hydrogen) atoms. The van der Waals surface area contributed by atoms with Crippen LogP contribution in [-0.4, -0.2) is 41.0 Å².